The van der Waals surface area contributed by atoms with E-state index in [0.717, 1.165) is 98.4 Å². The van der Waals surface area contributed by atoms with Gasteiger partial charge in [-0.05, 0) is 51.2 Å². The summed E-state index contributed by atoms with van der Waals surface area (Å²) in [6.07, 6.45) is 6.13. The maximum absolute atomic E-state index is 11.8. The molecule has 9 nitrogen and oxygen atoms in total. The van der Waals surface area contributed by atoms with Crippen molar-refractivity contribution in [1.29, 1.82) is 0 Å². The van der Waals surface area contributed by atoms with Crippen molar-refractivity contribution >= 4 is 17.3 Å². The Kier molecular flexibility index (Phi) is 6.61. The van der Waals surface area contributed by atoms with Gasteiger partial charge >= 0.3 is 0 Å². The second kappa shape index (κ2) is 10.3. The monoisotopic (exact) mass is 531 g/mol. The Morgan fingerprint density at radius 1 is 0.923 bits per heavy atom. The van der Waals surface area contributed by atoms with E-state index in [0.29, 0.717) is 12.6 Å². The number of aromatic nitrogens is 3. The van der Waals surface area contributed by atoms with Gasteiger partial charge in [-0.1, -0.05) is 18.1 Å². The van der Waals surface area contributed by atoms with E-state index in [1.807, 2.05) is 10.6 Å². The lowest BCUT2D eigenvalue weighted by atomic mass is 9.97. The molecule has 2 aromatic heterocycles. The molecule has 1 N–H and O–H groups in total. The molecule has 1 aromatic carbocycles. The number of likely N-dealkylation sites (N-methyl/N-ethyl adjacent to an activating group) is 1. The van der Waals surface area contributed by atoms with Crippen molar-refractivity contribution in [2.45, 2.75) is 63.8 Å². The van der Waals surface area contributed by atoms with Crippen LogP contribution in [0.25, 0.3) is 5.65 Å². The molecule has 2 saturated heterocycles. The summed E-state index contributed by atoms with van der Waals surface area (Å²) in [5, 5.41) is 17.0. The zero-order valence-corrected chi connectivity index (χ0v) is 23.3. The summed E-state index contributed by atoms with van der Waals surface area (Å²) in [5.74, 6) is 2.91. The number of benzene rings is 1. The minimum absolute atomic E-state index is 0.0210. The summed E-state index contributed by atoms with van der Waals surface area (Å²) in [4.78, 5) is 14.5. The second-order valence-electron chi connectivity index (χ2n) is 11.9. The zero-order valence-electron chi connectivity index (χ0n) is 23.3. The number of rotatable bonds is 2. The van der Waals surface area contributed by atoms with Crippen molar-refractivity contribution < 1.29 is 9.84 Å². The van der Waals surface area contributed by atoms with Crippen LogP contribution >= 0.6 is 0 Å². The van der Waals surface area contributed by atoms with Crippen LogP contribution in [0.5, 0.6) is 5.75 Å². The number of fused-ring (bicyclic) bond motifs is 4. The fraction of sp³-hybridized carbons (Fsp3) is 0.600. The molecule has 2 atom stereocenters. The van der Waals surface area contributed by atoms with E-state index in [4.69, 9.17) is 14.8 Å². The summed E-state index contributed by atoms with van der Waals surface area (Å²) < 4.78 is 8.42. The molecule has 0 amide bonds. The van der Waals surface area contributed by atoms with Crippen molar-refractivity contribution in [3.8, 4) is 5.75 Å². The first-order chi connectivity index (χ1) is 19.0. The van der Waals surface area contributed by atoms with Crippen LogP contribution in [0.3, 0.4) is 0 Å². The van der Waals surface area contributed by atoms with Crippen molar-refractivity contribution in [3.05, 3.63) is 47.2 Å². The molecule has 208 valence electrons. The van der Waals surface area contributed by atoms with E-state index >= 15 is 0 Å². The Labute approximate surface area is 231 Å². The maximum Gasteiger partial charge on any atom is 0.160 e. The van der Waals surface area contributed by atoms with Gasteiger partial charge in [0, 0.05) is 70.1 Å². The van der Waals surface area contributed by atoms with E-state index in [-0.39, 0.29) is 6.04 Å². The van der Waals surface area contributed by atoms with Crippen LogP contribution in [-0.2, 0) is 0 Å². The van der Waals surface area contributed by atoms with Gasteiger partial charge in [0.15, 0.2) is 5.65 Å². The molecule has 39 heavy (non-hydrogen) atoms. The smallest absolute Gasteiger partial charge is 0.160 e. The third-order valence-corrected chi connectivity index (χ3v) is 9.05. The van der Waals surface area contributed by atoms with Crippen LogP contribution < -0.4 is 14.5 Å². The number of ether oxygens (including phenoxy) is 1. The average Bonchev–Trinajstić information content (AvgIpc) is 3.67. The lowest BCUT2D eigenvalue weighted by molar-refractivity contribution is -0.0470. The summed E-state index contributed by atoms with van der Waals surface area (Å²) in [5.41, 5.74) is 3.86. The highest BCUT2D eigenvalue weighted by Gasteiger charge is 2.34. The topological polar surface area (TPSA) is 72.6 Å². The number of anilines is 2. The Bertz CT molecular complexity index is 1330. The summed E-state index contributed by atoms with van der Waals surface area (Å²) in [6, 6.07) is 11.2. The molecular weight excluding hydrogens is 490 g/mol. The predicted octanol–water partition coefficient (Wildman–Crippen LogP) is 3.76. The first-order valence-electron chi connectivity index (χ1n) is 14.8. The molecule has 1 aliphatic carbocycles. The van der Waals surface area contributed by atoms with Gasteiger partial charge in [0.1, 0.15) is 30.2 Å². The van der Waals surface area contributed by atoms with Crippen molar-refractivity contribution in [3.63, 3.8) is 0 Å². The highest BCUT2D eigenvalue weighted by atomic mass is 16.5. The molecule has 4 aliphatic rings. The molecule has 0 radical (unpaired) electrons. The molecule has 2 bridgehead atoms. The van der Waals surface area contributed by atoms with Crippen molar-refractivity contribution in [2.75, 3.05) is 62.7 Å². The number of aryl methyl sites for hydroxylation is 1. The van der Waals surface area contributed by atoms with E-state index in [2.05, 4.69) is 57.8 Å². The maximum atomic E-state index is 11.8. The Balaban J connectivity index is 1.33. The number of aliphatic hydroxyl groups is 1. The zero-order chi connectivity index (χ0) is 26.5. The van der Waals surface area contributed by atoms with Crippen LogP contribution in [-0.4, -0.2) is 88.5 Å². The Morgan fingerprint density at radius 2 is 1.79 bits per heavy atom. The summed E-state index contributed by atoms with van der Waals surface area (Å²) in [6.45, 7) is 8.40. The molecule has 1 saturated carbocycles. The molecule has 2 unspecified atom stereocenters. The van der Waals surface area contributed by atoms with Crippen LogP contribution in [0.2, 0.25) is 0 Å². The van der Waals surface area contributed by atoms with E-state index < -0.39 is 6.23 Å². The standard InChI is InChI=1S/C30H41N7O2/c1-21-7-10-26-23(18-21)30(38)36-13-4-3-6-25(36)24-19-28-31-27(35-11-5-12-35)20-29(37(28)32-24)33(2)14-15-34(16-17-39-26)22-8-9-22/h7,10,18-20,22,25,30,38H,3-6,8-9,11-17H2,1-2H3. The van der Waals surface area contributed by atoms with Crippen molar-refractivity contribution in [1.82, 2.24) is 24.4 Å². The van der Waals surface area contributed by atoms with Gasteiger partial charge in [-0.15, -0.1) is 0 Å². The van der Waals surface area contributed by atoms with Gasteiger partial charge in [-0.3, -0.25) is 9.80 Å². The molecule has 3 fully saturated rings. The Morgan fingerprint density at radius 3 is 2.59 bits per heavy atom. The Hall–Kier alpha value is -2.88. The van der Waals surface area contributed by atoms with Gasteiger partial charge in [-0.2, -0.15) is 9.61 Å². The fourth-order valence-corrected chi connectivity index (χ4v) is 6.43. The van der Waals surface area contributed by atoms with Crippen molar-refractivity contribution in [2.24, 2.45) is 0 Å². The predicted molar refractivity (Wildman–Crippen MR) is 153 cm³/mol. The van der Waals surface area contributed by atoms with Crippen LogP contribution in [0.15, 0.2) is 30.3 Å². The number of aliphatic hydroxyl groups excluding tert-OH is 1. The van der Waals surface area contributed by atoms with E-state index in [9.17, 15) is 5.11 Å². The number of hydrogen-bond donors (Lipinski definition) is 1. The first-order valence-corrected chi connectivity index (χ1v) is 14.8. The molecule has 5 heterocycles. The molecule has 7 rings (SSSR count). The molecule has 9 heteroatoms. The average molecular weight is 532 g/mol. The van der Waals surface area contributed by atoms with Crippen LogP contribution in [0.4, 0.5) is 11.6 Å². The lowest BCUT2D eigenvalue weighted by Gasteiger charge is -2.38. The highest BCUT2D eigenvalue weighted by Crippen LogP contribution is 2.40. The summed E-state index contributed by atoms with van der Waals surface area (Å²) >= 11 is 0. The van der Waals surface area contributed by atoms with Gasteiger partial charge in [0.05, 0.1) is 11.7 Å². The van der Waals surface area contributed by atoms with Crippen LogP contribution in [0.1, 0.15) is 67.6 Å². The largest absolute Gasteiger partial charge is 0.492 e. The van der Waals surface area contributed by atoms with Gasteiger partial charge in [-0.25, -0.2) is 4.98 Å². The lowest BCUT2D eigenvalue weighted by Crippen LogP contribution is -2.39. The summed E-state index contributed by atoms with van der Waals surface area (Å²) in [7, 11) is 2.18. The second-order valence-corrected chi connectivity index (χ2v) is 11.9. The molecule has 0 spiro atoms. The number of hydrogen-bond acceptors (Lipinski definition) is 8. The third-order valence-electron chi connectivity index (χ3n) is 9.05. The normalized spacial score (nSPS) is 25.3. The number of nitrogens with zero attached hydrogens (tertiary/aromatic N) is 7. The quantitative estimate of drug-likeness (QED) is 0.536. The minimum atomic E-state index is -0.755. The number of piperidine rings is 1. The van der Waals surface area contributed by atoms with Gasteiger partial charge in [0.25, 0.3) is 0 Å². The van der Waals surface area contributed by atoms with E-state index in [1.54, 1.807) is 0 Å². The SMILES string of the molecule is Cc1ccc2c(c1)C(O)N1CCCCC1c1cc3nc(N4CCC4)cc(n3n1)N(C)CCN(C1CC1)CCO2. The molecule has 3 aliphatic heterocycles. The fourth-order valence-electron chi connectivity index (χ4n) is 6.43. The van der Waals surface area contributed by atoms with Crippen LogP contribution in [0, 0.1) is 6.92 Å². The van der Waals surface area contributed by atoms with E-state index in [1.165, 1.54) is 19.3 Å². The minimum Gasteiger partial charge on any atom is -0.492 e. The molecular formula is C30H41N7O2. The molecule has 3 aromatic rings. The highest BCUT2D eigenvalue weighted by molar-refractivity contribution is 5.60. The first kappa shape index (κ1) is 25.1. The third kappa shape index (κ3) is 4.85. The van der Waals surface area contributed by atoms with Gasteiger partial charge < -0.3 is 19.6 Å². The van der Waals surface area contributed by atoms with Gasteiger partial charge in [0.2, 0.25) is 0 Å².